The number of nitrogens with one attached hydrogen (secondary N) is 5. The zero-order valence-electron chi connectivity index (χ0n) is 15.6. The van der Waals surface area contributed by atoms with E-state index in [2.05, 4.69) is 37.5 Å². The summed E-state index contributed by atoms with van der Waals surface area (Å²) < 4.78 is 0. The minimum atomic E-state index is 0. The van der Waals surface area contributed by atoms with E-state index in [9.17, 15) is 0 Å². The van der Waals surface area contributed by atoms with Gasteiger partial charge in [0.2, 0.25) is 0 Å². The Kier molecular flexibility index (Phi) is 16.6. The summed E-state index contributed by atoms with van der Waals surface area (Å²) in [6.07, 6.45) is 8.16. The molecule has 27 heavy (non-hydrogen) atoms. The number of guanidine groups is 1. The standard InChI is InChI=1S/C16H27N7S.3ClH/c1-3-13(9-24-10-14-12(2)21-11-22-14)23-16(17)20-6-4-5-15-18-7-8-19-15;;;/h7-8,11,13H,3-6,9-10H2,1-2H3,(H,18,19)(H,21,22)(H3,17,20,23);3*1H. The summed E-state index contributed by atoms with van der Waals surface area (Å²) in [6.45, 7) is 4.95. The third kappa shape index (κ3) is 10.7. The quantitative estimate of drug-likeness (QED) is 0.213. The zero-order chi connectivity index (χ0) is 17.2. The monoisotopic (exact) mass is 457 g/mol. The number of aromatic nitrogens is 4. The highest BCUT2D eigenvalue weighted by Gasteiger charge is 2.09. The van der Waals surface area contributed by atoms with Crippen LogP contribution in [0.3, 0.4) is 0 Å². The van der Waals surface area contributed by atoms with Crippen molar-refractivity contribution in [1.82, 2.24) is 30.6 Å². The molecule has 2 aromatic rings. The maximum absolute atomic E-state index is 8.01. The number of thioether (sulfide) groups is 1. The van der Waals surface area contributed by atoms with Crippen LogP contribution in [0.5, 0.6) is 0 Å². The van der Waals surface area contributed by atoms with E-state index in [1.165, 1.54) is 0 Å². The molecule has 2 aromatic heterocycles. The molecule has 1 unspecified atom stereocenters. The first-order valence-corrected chi connectivity index (χ1v) is 9.48. The zero-order valence-corrected chi connectivity index (χ0v) is 18.8. The lowest BCUT2D eigenvalue weighted by Gasteiger charge is -2.19. The van der Waals surface area contributed by atoms with E-state index in [1.54, 1.807) is 12.5 Å². The highest BCUT2D eigenvalue weighted by atomic mass is 35.5. The van der Waals surface area contributed by atoms with Gasteiger partial charge in [-0.2, -0.15) is 11.8 Å². The Hall–Kier alpha value is -1.09. The molecule has 2 heterocycles. The molecule has 0 spiro atoms. The Labute approximate surface area is 183 Å². The van der Waals surface area contributed by atoms with Crippen LogP contribution in [-0.2, 0) is 12.2 Å². The predicted octanol–water partition coefficient (Wildman–Crippen LogP) is 3.47. The number of imidazole rings is 2. The molecule has 1 atom stereocenters. The van der Waals surface area contributed by atoms with Crippen molar-refractivity contribution in [2.24, 2.45) is 0 Å². The molecule has 0 saturated heterocycles. The molecule has 5 N–H and O–H groups in total. The van der Waals surface area contributed by atoms with E-state index in [1.807, 2.05) is 24.9 Å². The average Bonchev–Trinajstić information content (AvgIpc) is 3.23. The number of hydrogen-bond donors (Lipinski definition) is 5. The smallest absolute Gasteiger partial charge is 0.188 e. The number of aromatic amines is 2. The fourth-order valence-corrected chi connectivity index (χ4v) is 3.46. The van der Waals surface area contributed by atoms with Crippen LogP contribution in [0.1, 0.15) is 37.0 Å². The van der Waals surface area contributed by atoms with Gasteiger partial charge in [-0.15, -0.1) is 37.2 Å². The Morgan fingerprint density at radius 1 is 1.26 bits per heavy atom. The van der Waals surface area contributed by atoms with Crippen molar-refractivity contribution in [3.63, 3.8) is 0 Å². The maximum atomic E-state index is 8.01. The van der Waals surface area contributed by atoms with Gasteiger partial charge in [-0.3, -0.25) is 5.41 Å². The minimum absolute atomic E-state index is 0. The molecule has 7 nitrogen and oxygen atoms in total. The molecule has 0 aliphatic carbocycles. The summed E-state index contributed by atoms with van der Waals surface area (Å²) in [6, 6.07) is 0.291. The van der Waals surface area contributed by atoms with Crippen molar-refractivity contribution in [2.45, 2.75) is 44.9 Å². The molecule has 0 radical (unpaired) electrons. The lowest BCUT2D eigenvalue weighted by Crippen LogP contribution is -2.44. The summed E-state index contributed by atoms with van der Waals surface area (Å²) in [7, 11) is 0. The normalized spacial score (nSPS) is 10.7. The van der Waals surface area contributed by atoms with Gasteiger partial charge in [0, 0.05) is 48.6 Å². The number of hydrogen-bond acceptors (Lipinski definition) is 4. The van der Waals surface area contributed by atoms with E-state index in [0.29, 0.717) is 12.0 Å². The summed E-state index contributed by atoms with van der Waals surface area (Å²) >= 11 is 1.84. The first kappa shape index (κ1) is 28.1. The fraction of sp³-hybridized carbons (Fsp3) is 0.562. The van der Waals surface area contributed by atoms with Gasteiger partial charge in [0.1, 0.15) is 5.82 Å². The van der Waals surface area contributed by atoms with Gasteiger partial charge in [-0.05, 0) is 19.8 Å². The Morgan fingerprint density at radius 3 is 2.63 bits per heavy atom. The molecule has 0 bridgehead atoms. The first-order valence-electron chi connectivity index (χ1n) is 8.32. The Morgan fingerprint density at radius 2 is 2.04 bits per heavy atom. The Bertz CT molecular complexity index is 607. The van der Waals surface area contributed by atoms with Gasteiger partial charge in [0.05, 0.1) is 12.0 Å². The topological polar surface area (TPSA) is 105 Å². The lowest BCUT2D eigenvalue weighted by molar-refractivity contribution is 0.625. The average molecular weight is 459 g/mol. The Balaban J connectivity index is 0. The highest BCUT2D eigenvalue weighted by molar-refractivity contribution is 7.98. The van der Waals surface area contributed by atoms with Crippen LogP contribution in [0.15, 0.2) is 18.7 Å². The van der Waals surface area contributed by atoms with Gasteiger partial charge in [-0.25, -0.2) is 9.97 Å². The van der Waals surface area contributed by atoms with Crippen LogP contribution in [0.4, 0.5) is 0 Å². The van der Waals surface area contributed by atoms with Crippen molar-refractivity contribution in [1.29, 1.82) is 5.41 Å². The molecule has 2 rings (SSSR count). The molecule has 11 heteroatoms. The molecule has 156 valence electrons. The van der Waals surface area contributed by atoms with Crippen LogP contribution in [-0.4, -0.2) is 44.2 Å². The van der Waals surface area contributed by atoms with Crippen molar-refractivity contribution in [3.8, 4) is 0 Å². The second-order valence-electron chi connectivity index (χ2n) is 5.68. The van der Waals surface area contributed by atoms with Gasteiger partial charge in [0.15, 0.2) is 5.96 Å². The molecule has 0 aromatic carbocycles. The fourth-order valence-electron chi connectivity index (χ4n) is 2.25. The van der Waals surface area contributed by atoms with Crippen LogP contribution in [0, 0.1) is 12.3 Å². The molecule has 0 aliphatic rings. The summed E-state index contributed by atoms with van der Waals surface area (Å²) in [4.78, 5) is 14.7. The van der Waals surface area contributed by atoms with E-state index in [-0.39, 0.29) is 37.2 Å². The third-order valence-electron chi connectivity index (χ3n) is 3.78. The van der Waals surface area contributed by atoms with Crippen LogP contribution in [0.25, 0.3) is 0 Å². The largest absolute Gasteiger partial charge is 0.357 e. The van der Waals surface area contributed by atoms with Crippen molar-refractivity contribution < 1.29 is 0 Å². The van der Waals surface area contributed by atoms with Crippen molar-refractivity contribution >= 4 is 54.9 Å². The van der Waals surface area contributed by atoms with Gasteiger partial charge in [0.25, 0.3) is 0 Å². The summed E-state index contributed by atoms with van der Waals surface area (Å²) in [5.74, 6) is 3.25. The molecule has 0 saturated carbocycles. The van der Waals surface area contributed by atoms with Gasteiger partial charge >= 0.3 is 0 Å². The van der Waals surface area contributed by atoms with Crippen LogP contribution in [0.2, 0.25) is 0 Å². The number of rotatable bonds is 10. The molecule has 0 fully saturated rings. The summed E-state index contributed by atoms with van der Waals surface area (Å²) in [5.41, 5.74) is 2.25. The van der Waals surface area contributed by atoms with Crippen molar-refractivity contribution in [3.05, 3.63) is 35.9 Å². The maximum Gasteiger partial charge on any atom is 0.188 e. The third-order valence-corrected chi connectivity index (χ3v) is 4.90. The van der Waals surface area contributed by atoms with Gasteiger partial charge in [-0.1, -0.05) is 6.92 Å². The predicted molar refractivity (Wildman–Crippen MR) is 121 cm³/mol. The van der Waals surface area contributed by atoms with E-state index >= 15 is 0 Å². The summed E-state index contributed by atoms with van der Waals surface area (Å²) in [5, 5.41) is 14.4. The molecule has 0 amide bonds. The van der Waals surface area contributed by atoms with Crippen molar-refractivity contribution in [2.75, 3.05) is 12.3 Å². The van der Waals surface area contributed by atoms with E-state index < -0.39 is 0 Å². The molecule has 0 aliphatic heterocycles. The van der Waals surface area contributed by atoms with Gasteiger partial charge < -0.3 is 20.6 Å². The number of nitrogens with zero attached hydrogens (tertiary/aromatic N) is 2. The second kappa shape index (κ2) is 15.9. The lowest BCUT2D eigenvalue weighted by atomic mass is 10.2. The van der Waals surface area contributed by atoms with E-state index in [4.69, 9.17) is 5.41 Å². The second-order valence-corrected chi connectivity index (χ2v) is 6.71. The molecular formula is C16H30Cl3N7S. The minimum Gasteiger partial charge on any atom is -0.357 e. The van der Waals surface area contributed by atoms with Crippen LogP contribution < -0.4 is 10.6 Å². The first-order chi connectivity index (χ1) is 11.7. The number of aryl methyl sites for hydroxylation is 2. The SMILES string of the molecule is CCC(CSCc1nc[nH]c1C)NC(=N)NCCCc1ncc[nH]1.Cl.Cl.Cl. The number of H-pyrrole nitrogens is 2. The van der Waals surface area contributed by atoms with Crippen LogP contribution >= 0.6 is 49.0 Å². The number of halogens is 3. The van der Waals surface area contributed by atoms with E-state index in [0.717, 1.165) is 54.5 Å². The molecular weight excluding hydrogens is 429 g/mol. The highest BCUT2D eigenvalue weighted by Crippen LogP contribution is 2.14.